The molecule has 0 fully saturated rings. The zero-order valence-electron chi connectivity index (χ0n) is 8.24. The molecule has 0 N–H and O–H groups in total. The summed E-state index contributed by atoms with van der Waals surface area (Å²) >= 11 is 0. The molecule has 13 heavy (non-hydrogen) atoms. The van der Waals surface area contributed by atoms with E-state index in [-0.39, 0.29) is 5.92 Å². The van der Waals surface area contributed by atoms with Crippen LogP contribution < -0.4 is 0 Å². The minimum Gasteiger partial charge on any atom is -0.463 e. The molecule has 0 aliphatic heterocycles. The Hall–Kier alpha value is -1.27. The molecule has 0 saturated carbocycles. The summed E-state index contributed by atoms with van der Waals surface area (Å²) in [5.41, 5.74) is 0. The second-order valence-electron chi connectivity index (χ2n) is 3.39. The Morgan fingerprint density at radius 2 is 2.23 bits per heavy atom. The molecule has 1 unspecified atom stereocenters. The first-order valence-corrected chi connectivity index (χ1v) is 4.26. The first-order valence-electron chi connectivity index (χ1n) is 4.26. The van der Waals surface area contributed by atoms with Gasteiger partial charge in [0.25, 0.3) is 0 Å². The second kappa shape index (κ2) is 4.11. The molecule has 0 radical (unpaired) electrons. The minimum absolute atomic E-state index is 0.157. The van der Waals surface area contributed by atoms with Gasteiger partial charge in [0.2, 0.25) is 0 Å². The van der Waals surface area contributed by atoms with Crippen LogP contribution >= 0.6 is 0 Å². The van der Waals surface area contributed by atoms with Gasteiger partial charge in [-0.2, -0.15) is 5.26 Å². The van der Waals surface area contributed by atoms with Gasteiger partial charge in [-0.15, -0.1) is 0 Å². The summed E-state index contributed by atoms with van der Waals surface area (Å²) < 4.78 is 5.48. The fourth-order valence-corrected chi connectivity index (χ4v) is 1.09. The lowest BCUT2D eigenvalue weighted by atomic mass is 10.1. The summed E-state index contributed by atoms with van der Waals surface area (Å²) in [6.07, 6.45) is 0. The van der Waals surface area contributed by atoms with Crippen molar-refractivity contribution in [3.8, 4) is 6.07 Å². The van der Waals surface area contributed by atoms with Crippen LogP contribution in [0.5, 0.6) is 0 Å². The monoisotopic (exact) mass is 178 g/mol. The molecule has 1 heterocycles. The van der Waals surface area contributed by atoms with Crippen LogP contribution in [0.4, 0.5) is 0 Å². The van der Waals surface area contributed by atoms with Crippen molar-refractivity contribution < 1.29 is 4.42 Å². The van der Waals surface area contributed by atoms with Crippen LogP contribution in [0.2, 0.25) is 0 Å². The van der Waals surface area contributed by atoms with E-state index in [4.69, 9.17) is 9.68 Å². The van der Waals surface area contributed by atoms with Crippen molar-refractivity contribution in [1.29, 1.82) is 5.26 Å². The minimum atomic E-state index is -0.157. The summed E-state index contributed by atoms with van der Waals surface area (Å²) in [4.78, 5) is 2.03. The predicted octanol–water partition coefficient (Wildman–Crippen LogP) is 1.97. The average Bonchev–Trinajstić information content (AvgIpc) is 2.50. The van der Waals surface area contributed by atoms with Gasteiger partial charge in [0.05, 0.1) is 12.6 Å². The smallest absolute Gasteiger partial charge is 0.121 e. The van der Waals surface area contributed by atoms with Crippen molar-refractivity contribution in [1.82, 2.24) is 4.90 Å². The number of nitrogens with zero attached hydrogens (tertiary/aromatic N) is 2. The van der Waals surface area contributed by atoms with Crippen molar-refractivity contribution in [2.24, 2.45) is 0 Å². The van der Waals surface area contributed by atoms with Crippen LogP contribution in [0, 0.1) is 11.3 Å². The van der Waals surface area contributed by atoms with Crippen molar-refractivity contribution in [2.75, 3.05) is 14.1 Å². The Bertz CT molecular complexity index is 309. The van der Waals surface area contributed by atoms with Gasteiger partial charge < -0.3 is 9.32 Å². The molecular formula is C10H14N2O. The van der Waals surface area contributed by atoms with Crippen LogP contribution in [0.25, 0.3) is 0 Å². The third kappa shape index (κ3) is 2.60. The van der Waals surface area contributed by atoms with Gasteiger partial charge in [-0.3, -0.25) is 0 Å². The molecule has 0 aromatic carbocycles. The third-order valence-corrected chi connectivity index (χ3v) is 1.77. The van der Waals surface area contributed by atoms with Gasteiger partial charge in [-0.05, 0) is 33.2 Å². The van der Waals surface area contributed by atoms with Crippen LogP contribution in [-0.4, -0.2) is 19.0 Å². The van der Waals surface area contributed by atoms with Crippen LogP contribution in [0.15, 0.2) is 16.5 Å². The lowest BCUT2D eigenvalue weighted by molar-refractivity contribution is 0.340. The highest BCUT2D eigenvalue weighted by Crippen LogP contribution is 2.17. The highest BCUT2D eigenvalue weighted by atomic mass is 16.3. The number of furan rings is 1. The number of rotatable bonds is 3. The molecule has 0 spiro atoms. The van der Waals surface area contributed by atoms with E-state index in [0.717, 1.165) is 18.1 Å². The molecule has 0 amide bonds. The van der Waals surface area contributed by atoms with Gasteiger partial charge in [0.1, 0.15) is 17.4 Å². The number of nitriles is 1. The fourth-order valence-electron chi connectivity index (χ4n) is 1.09. The lowest BCUT2D eigenvalue weighted by Gasteiger charge is -2.05. The quantitative estimate of drug-likeness (QED) is 0.710. The van der Waals surface area contributed by atoms with Gasteiger partial charge in [-0.25, -0.2) is 0 Å². The summed E-state index contributed by atoms with van der Waals surface area (Å²) in [7, 11) is 3.96. The molecule has 1 rings (SSSR count). The topological polar surface area (TPSA) is 40.2 Å². The first kappa shape index (κ1) is 9.82. The molecule has 1 atom stereocenters. The SMILES string of the molecule is CC(C#N)c1ccc(CN(C)C)o1. The predicted molar refractivity (Wildman–Crippen MR) is 50.1 cm³/mol. The number of hydrogen-bond donors (Lipinski definition) is 0. The molecule has 0 bridgehead atoms. The summed E-state index contributed by atoms with van der Waals surface area (Å²) in [5.74, 6) is 1.50. The van der Waals surface area contributed by atoms with Gasteiger partial charge in [0.15, 0.2) is 0 Å². The highest BCUT2D eigenvalue weighted by Gasteiger charge is 2.09. The molecule has 70 valence electrons. The molecule has 3 nitrogen and oxygen atoms in total. The normalized spacial score (nSPS) is 12.8. The zero-order valence-corrected chi connectivity index (χ0v) is 8.24. The maximum Gasteiger partial charge on any atom is 0.121 e. The Kier molecular flexibility index (Phi) is 3.10. The van der Waals surface area contributed by atoms with Crippen LogP contribution in [0.1, 0.15) is 24.4 Å². The Balaban J connectivity index is 2.70. The van der Waals surface area contributed by atoms with Gasteiger partial charge in [-0.1, -0.05) is 0 Å². The molecule has 0 aliphatic carbocycles. The lowest BCUT2D eigenvalue weighted by Crippen LogP contribution is -2.09. The maximum atomic E-state index is 8.66. The molecule has 0 saturated heterocycles. The standard InChI is InChI=1S/C10H14N2O/c1-8(6-11)10-5-4-9(13-10)7-12(2)3/h4-5,8H,7H2,1-3H3. The first-order chi connectivity index (χ1) is 6.13. The maximum absolute atomic E-state index is 8.66. The molecule has 1 aromatic heterocycles. The van der Waals surface area contributed by atoms with E-state index in [0.29, 0.717) is 0 Å². The van der Waals surface area contributed by atoms with E-state index in [1.807, 2.05) is 38.1 Å². The highest BCUT2D eigenvalue weighted by molar-refractivity contribution is 5.15. The second-order valence-corrected chi connectivity index (χ2v) is 3.39. The Morgan fingerprint density at radius 3 is 2.77 bits per heavy atom. The average molecular weight is 178 g/mol. The van der Waals surface area contributed by atoms with Crippen molar-refractivity contribution >= 4 is 0 Å². The number of hydrogen-bond acceptors (Lipinski definition) is 3. The molecule has 0 aliphatic rings. The van der Waals surface area contributed by atoms with E-state index < -0.39 is 0 Å². The largest absolute Gasteiger partial charge is 0.463 e. The summed E-state index contributed by atoms with van der Waals surface area (Å²) in [6, 6.07) is 5.93. The van der Waals surface area contributed by atoms with Crippen LogP contribution in [0.3, 0.4) is 0 Å². The third-order valence-electron chi connectivity index (χ3n) is 1.77. The Morgan fingerprint density at radius 1 is 1.54 bits per heavy atom. The van der Waals surface area contributed by atoms with E-state index in [1.165, 1.54) is 0 Å². The van der Waals surface area contributed by atoms with E-state index in [9.17, 15) is 0 Å². The molecular weight excluding hydrogens is 164 g/mol. The van der Waals surface area contributed by atoms with E-state index in [2.05, 4.69) is 6.07 Å². The van der Waals surface area contributed by atoms with Gasteiger partial charge in [0, 0.05) is 0 Å². The molecule has 1 aromatic rings. The zero-order chi connectivity index (χ0) is 9.84. The van der Waals surface area contributed by atoms with Crippen molar-refractivity contribution in [2.45, 2.75) is 19.4 Å². The summed E-state index contributed by atoms with van der Waals surface area (Å²) in [6.45, 7) is 2.61. The fraction of sp³-hybridized carbons (Fsp3) is 0.500. The van der Waals surface area contributed by atoms with Crippen LogP contribution in [-0.2, 0) is 6.54 Å². The van der Waals surface area contributed by atoms with Crippen molar-refractivity contribution in [3.05, 3.63) is 23.7 Å². The Labute approximate surface area is 78.6 Å². The van der Waals surface area contributed by atoms with Gasteiger partial charge >= 0.3 is 0 Å². The van der Waals surface area contributed by atoms with Crippen molar-refractivity contribution in [3.63, 3.8) is 0 Å². The van der Waals surface area contributed by atoms with E-state index in [1.54, 1.807) is 0 Å². The van der Waals surface area contributed by atoms with E-state index >= 15 is 0 Å². The molecule has 3 heteroatoms. The summed E-state index contributed by atoms with van der Waals surface area (Å²) in [5, 5.41) is 8.66.